The lowest BCUT2D eigenvalue weighted by atomic mass is 10.1. The van der Waals surface area contributed by atoms with Gasteiger partial charge in [-0.1, -0.05) is 11.6 Å². The van der Waals surface area contributed by atoms with E-state index in [2.05, 4.69) is 5.32 Å². The van der Waals surface area contributed by atoms with E-state index in [1.807, 2.05) is 16.3 Å². The van der Waals surface area contributed by atoms with Crippen molar-refractivity contribution in [2.75, 3.05) is 13.1 Å². The molecule has 1 fully saturated rings. The molecule has 0 atom stereocenters. The molecule has 0 aromatic carbocycles. The van der Waals surface area contributed by atoms with Gasteiger partial charge in [-0.25, -0.2) is 0 Å². The van der Waals surface area contributed by atoms with Gasteiger partial charge >= 0.3 is 0 Å². The van der Waals surface area contributed by atoms with Gasteiger partial charge in [-0.3, -0.25) is 4.79 Å². The van der Waals surface area contributed by atoms with E-state index in [1.54, 1.807) is 18.3 Å². The number of nitrogens with zero attached hydrogens (tertiary/aromatic N) is 1. The van der Waals surface area contributed by atoms with Crippen molar-refractivity contribution in [1.29, 1.82) is 0 Å². The molecule has 0 bridgehead atoms. The average molecular weight is 273 g/mol. The van der Waals surface area contributed by atoms with Crippen molar-refractivity contribution in [3.05, 3.63) is 21.3 Å². The van der Waals surface area contributed by atoms with E-state index >= 15 is 0 Å². The van der Waals surface area contributed by atoms with Crippen LogP contribution in [0.4, 0.5) is 0 Å². The highest BCUT2D eigenvalue weighted by molar-refractivity contribution is 7.10. The maximum atomic E-state index is 11.2. The highest BCUT2D eigenvalue weighted by atomic mass is 35.5. The fraction of sp³-hybridized carbons (Fsp3) is 0.583. The molecule has 2 heterocycles. The number of rotatable bonds is 3. The van der Waals surface area contributed by atoms with Gasteiger partial charge < -0.3 is 10.2 Å². The van der Waals surface area contributed by atoms with Gasteiger partial charge in [-0.2, -0.15) is 0 Å². The number of thiophene rings is 1. The molecule has 0 aliphatic carbocycles. The Labute approximate surface area is 111 Å². The fourth-order valence-corrected chi connectivity index (χ4v) is 3.11. The maximum absolute atomic E-state index is 11.2. The molecule has 2 rings (SSSR count). The largest absolute Gasteiger partial charge is 0.343 e. The summed E-state index contributed by atoms with van der Waals surface area (Å²) in [5.74, 6) is 0.188. The van der Waals surface area contributed by atoms with Crippen LogP contribution < -0.4 is 5.32 Å². The van der Waals surface area contributed by atoms with Gasteiger partial charge in [0.2, 0.25) is 5.91 Å². The Bertz CT molecular complexity index is 386. The number of nitrogens with one attached hydrogen (secondary N) is 1. The number of carbonyl (C=O) groups is 1. The predicted octanol–water partition coefficient (Wildman–Crippen LogP) is 2.50. The number of halogens is 1. The van der Waals surface area contributed by atoms with Gasteiger partial charge in [0, 0.05) is 42.9 Å². The molecule has 94 valence electrons. The molecule has 17 heavy (non-hydrogen) atoms. The topological polar surface area (TPSA) is 32.3 Å². The van der Waals surface area contributed by atoms with Crippen LogP contribution in [0.25, 0.3) is 0 Å². The first-order valence-corrected chi connectivity index (χ1v) is 7.12. The standard InChI is InChI=1S/C12H17ClN2OS/c1-9(16)15-4-2-11(3-5-15)14-7-12-6-10(13)8-17-12/h6,8,11,14H,2-5,7H2,1H3. The zero-order valence-electron chi connectivity index (χ0n) is 9.91. The average Bonchev–Trinajstić information content (AvgIpc) is 2.73. The van der Waals surface area contributed by atoms with Crippen LogP contribution in [-0.4, -0.2) is 29.9 Å². The summed E-state index contributed by atoms with van der Waals surface area (Å²) in [6.07, 6.45) is 2.08. The lowest BCUT2D eigenvalue weighted by Gasteiger charge is -2.31. The van der Waals surface area contributed by atoms with Gasteiger partial charge in [0.15, 0.2) is 0 Å². The lowest BCUT2D eigenvalue weighted by Crippen LogP contribution is -2.43. The minimum Gasteiger partial charge on any atom is -0.343 e. The molecule has 1 aromatic heterocycles. The van der Waals surface area contributed by atoms with Crippen LogP contribution in [0.3, 0.4) is 0 Å². The molecule has 1 N–H and O–H groups in total. The van der Waals surface area contributed by atoms with E-state index in [0.717, 1.165) is 37.5 Å². The van der Waals surface area contributed by atoms with Crippen LogP contribution in [0.2, 0.25) is 5.02 Å². The second-order valence-electron chi connectivity index (χ2n) is 4.39. The minimum atomic E-state index is 0.188. The Kier molecular flexibility index (Phi) is 4.42. The number of hydrogen-bond donors (Lipinski definition) is 1. The summed E-state index contributed by atoms with van der Waals surface area (Å²) in [7, 11) is 0. The van der Waals surface area contributed by atoms with Gasteiger partial charge in [-0.15, -0.1) is 11.3 Å². The molecule has 0 radical (unpaired) electrons. The Balaban J connectivity index is 1.73. The van der Waals surface area contributed by atoms with Crippen LogP contribution in [0.15, 0.2) is 11.4 Å². The second kappa shape index (κ2) is 5.85. The Morgan fingerprint density at radius 3 is 2.82 bits per heavy atom. The zero-order chi connectivity index (χ0) is 12.3. The first-order valence-electron chi connectivity index (χ1n) is 5.87. The summed E-state index contributed by atoms with van der Waals surface area (Å²) in [5.41, 5.74) is 0. The molecule has 1 saturated heterocycles. The molecule has 1 aliphatic rings. The van der Waals surface area contributed by atoms with Crippen LogP contribution >= 0.6 is 22.9 Å². The molecule has 0 unspecified atom stereocenters. The van der Waals surface area contributed by atoms with Crippen molar-refractivity contribution in [1.82, 2.24) is 10.2 Å². The van der Waals surface area contributed by atoms with E-state index in [9.17, 15) is 4.79 Å². The summed E-state index contributed by atoms with van der Waals surface area (Å²) < 4.78 is 0. The molecule has 1 aromatic rings. The Hall–Kier alpha value is -0.580. The van der Waals surface area contributed by atoms with E-state index in [1.165, 1.54) is 4.88 Å². The second-order valence-corrected chi connectivity index (χ2v) is 5.82. The number of likely N-dealkylation sites (tertiary alicyclic amines) is 1. The summed E-state index contributed by atoms with van der Waals surface area (Å²) in [4.78, 5) is 14.4. The molecule has 3 nitrogen and oxygen atoms in total. The monoisotopic (exact) mass is 272 g/mol. The smallest absolute Gasteiger partial charge is 0.219 e. The third kappa shape index (κ3) is 3.69. The van der Waals surface area contributed by atoms with E-state index in [0.29, 0.717) is 6.04 Å². The van der Waals surface area contributed by atoms with Crippen molar-refractivity contribution in [3.63, 3.8) is 0 Å². The summed E-state index contributed by atoms with van der Waals surface area (Å²) >= 11 is 7.56. The highest BCUT2D eigenvalue weighted by Crippen LogP contribution is 2.19. The van der Waals surface area contributed by atoms with Gasteiger partial charge in [0.05, 0.1) is 5.02 Å². The van der Waals surface area contributed by atoms with E-state index in [-0.39, 0.29) is 5.91 Å². The molecular weight excluding hydrogens is 256 g/mol. The number of amides is 1. The quantitative estimate of drug-likeness (QED) is 0.917. The Morgan fingerprint density at radius 2 is 2.29 bits per heavy atom. The lowest BCUT2D eigenvalue weighted by molar-refractivity contribution is -0.129. The van der Waals surface area contributed by atoms with Gasteiger partial charge in [0.25, 0.3) is 0 Å². The summed E-state index contributed by atoms with van der Waals surface area (Å²) in [5, 5.41) is 6.30. The summed E-state index contributed by atoms with van der Waals surface area (Å²) in [6.45, 7) is 4.26. The fourth-order valence-electron chi connectivity index (χ4n) is 2.09. The van der Waals surface area contributed by atoms with Crippen LogP contribution in [0, 0.1) is 0 Å². The third-order valence-corrected chi connectivity index (χ3v) is 4.41. The van der Waals surface area contributed by atoms with E-state index in [4.69, 9.17) is 11.6 Å². The molecular formula is C12H17ClN2OS. The van der Waals surface area contributed by atoms with Gasteiger partial charge in [-0.05, 0) is 18.9 Å². The van der Waals surface area contributed by atoms with Crippen molar-refractivity contribution < 1.29 is 4.79 Å². The maximum Gasteiger partial charge on any atom is 0.219 e. The van der Waals surface area contributed by atoms with E-state index < -0.39 is 0 Å². The highest BCUT2D eigenvalue weighted by Gasteiger charge is 2.20. The van der Waals surface area contributed by atoms with Crippen LogP contribution in [0.1, 0.15) is 24.6 Å². The van der Waals surface area contributed by atoms with Crippen molar-refractivity contribution >= 4 is 28.8 Å². The molecule has 5 heteroatoms. The van der Waals surface area contributed by atoms with Crippen LogP contribution in [0.5, 0.6) is 0 Å². The molecule has 1 amide bonds. The molecule has 1 aliphatic heterocycles. The first-order chi connectivity index (χ1) is 8.15. The minimum absolute atomic E-state index is 0.188. The normalized spacial score (nSPS) is 17.4. The number of hydrogen-bond acceptors (Lipinski definition) is 3. The third-order valence-electron chi connectivity index (χ3n) is 3.13. The predicted molar refractivity (Wildman–Crippen MR) is 71.4 cm³/mol. The molecule has 0 spiro atoms. The van der Waals surface area contributed by atoms with Crippen molar-refractivity contribution in [2.24, 2.45) is 0 Å². The SMILES string of the molecule is CC(=O)N1CCC(NCc2cc(Cl)cs2)CC1. The molecule has 0 saturated carbocycles. The Morgan fingerprint density at radius 1 is 1.59 bits per heavy atom. The van der Waals surface area contributed by atoms with Gasteiger partial charge in [0.1, 0.15) is 0 Å². The number of piperidine rings is 1. The van der Waals surface area contributed by atoms with Crippen LogP contribution in [-0.2, 0) is 11.3 Å². The zero-order valence-corrected chi connectivity index (χ0v) is 11.5. The van der Waals surface area contributed by atoms with Crippen molar-refractivity contribution in [2.45, 2.75) is 32.4 Å². The van der Waals surface area contributed by atoms with Crippen molar-refractivity contribution in [3.8, 4) is 0 Å². The summed E-state index contributed by atoms with van der Waals surface area (Å²) in [6, 6.07) is 2.52. The number of carbonyl (C=O) groups excluding carboxylic acids is 1. The first kappa shape index (κ1) is 12.9.